The van der Waals surface area contributed by atoms with E-state index in [0.717, 1.165) is 41.4 Å². The Labute approximate surface area is 196 Å². The predicted molar refractivity (Wildman–Crippen MR) is 129 cm³/mol. The average Bonchev–Trinajstić information content (AvgIpc) is 3.32. The van der Waals surface area contributed by atoms with Crippen LogP contribution in [0.3, 0.4) is 0 Å². The summed E-state index contributed by atoms with van der Waals surface area (Å²) < 4.78 is 11.2. The minimum absolute atomic E-state index is 0.0253. The molecule has 2 saturated heterocycles. The lowest BCUT2D eigenvalue weighted by Crippen LogP contribution is -2.60. The van der Waals surface area contributed by atoms with Gasteiger partial charge in [-0.05, 0) is 54.4 Å². The van der Waals surface area contributed by atoms with Crippen molar-refractivity contribution in [2.24, 2.45) is 5.41 Å². The number of hydrogen-bond donors (Lipinski definition) is 1. The fraction of sp³-hybridized carbons (Fsp3) is 0.308. The third-order valence-corrected chi connectivity index (χ3v) is 6.80. The molecule has 2 aliphatic heterocycles. The van der Waals surface area contributed by atoms with Crippen molar-refractivity contribution in [3.63, 3.8) is 0 Å². The van der Waals surface area contributed by atoms with Crippen LogP contribution in [0.2, 0.25) is 0 Å². The van der Waals surface area contributed by atoms with Crippen molar-refractivity contribution in [1.29, 1.82) is 0 Å². The number of aromatic nitrogens is 3. The molecular formula is C26H25N5O3. The predicted octanol–water partition coefficient (Wildman–Crippen LogP) is 3.96. The average molecular weight is 456 g/mol. The van der Waals surface area contributed by atoms with Gasteiger partial charge in [0.05, 0.1) is 12.6 Å². The number of pyridine rings is 1. The summed E-state index contributed by atoms with van der Waals surface area (Å²) in [6.45, 7) is 5.29. The van der Waals surface area contributed by atoms with Gasteiger partial charge in [0, 0.05) is 36.8 Å². The first-order valence-corrected chi connectivity index (χ1v) is 11.4. The fourth-order valence-electron chi connectivity index (χ4n) is 5.03. The first kappa shape index (κ1) is 20.8. The van der Waals surface area contributed by atoms with E-state index in [1.54, 1.807) is 18.2 Å². The second-order valence-electron chi connectivity index (χ2n) is 9.28. The van der Waals surface area contributed by atoms with Crippen LogP contribution in [0.25, 0.3) is 33.1 Å². The maximum atomic E-state index is 12.9. The SMILES string of the molecule is COc1cc(-c2nc(OC(=O)N3CC4(CCNC4)C3)nc3cc(C)cnc23)c2ccccc2c1. The van der Waals surface area contributed by atoms with E-state index in [2.05, 4.69) is 20.3 Å². The monoisotopic (exact) mass is 455 g/mol. The Bertz CT molecular complexity index is 1420. The second kappa shape index (κ2) is 7.92. The summed E-state index contributed by atoms with van der Waals surface area (Å²) in [5.74, 6) is 0.710. The van der Waals surface area contributed by atoms with Crippen LogP contribution >= 0.6 is 0 Å². The zero-order chi connectivity index (χ0) is 23.3. The third kappa shape index (κ3) is 3.51. The van der Waals surface area contributed by atoms with Crippen LogP contribution in [0, 0.1) is 12.3 Å². The molecule has 1 amide bonds. The van der Waals surface area contributed by atoms with Gasteiger partial charge in [0.25, 0.3) is 0 Å². The summed E-state index contributed by atoms with van der Waals surface area (Å²) in [6, 6.07) is 13.9. The maximum absolute atomic E-state index is 12.9. The highest BCUT2D eigenvalue weighted by Gasteiger charge is 2.47. The van der Waals surface area contributed by atoms with E-state index in [1.165, 1.54) is 0 Å². The third-order valence-electron chi connectivity index (χ3n) is 6.80. The Kier molecular flexibility index (Phi) is 4.84. The molecule has 1 N–H and O–H groups in total. The molecule has 0 bridgehead atoms. The molecule has 0 aliphatic carbocycles. The molecule has 6 rings (SSSR count). The second-order valence-corrected chi connectivity index (χ2v) is 9.28. The molecular weight excluding hydrogens is 430 g/mol. The van der Waals surface area contributed by atoms with Crippen molar-refractivity contribution >= 4 is 27.9 Å². The van der Waals surface area contributed by atoms with Crippen molar-refractivity contribution in [3.05, 3.63) is 54.2 Å². The lowest BCUT2D eigenvalue weighted by atomic mass is 9.79. The van der Waals surface area contributed by atoms with Crippen molar-refractivity contribution in [2.45, 2.75) is 13.3 Å². The molecule has 2 aliphatic rings. The Morgan fingerprint density at radius 2 is 2.00 bits per heavy atom. The summed E-state index contributed by atoms with van der Waals surface area (Å²) in [7, 11) is 1.64. The number of nitrogens with zero attached hydrogens (tertiary/aromatic N) is 4. The first-order chi connectivity index (χ1) is 16.5. The number of fused-ring (bicyclic) bond motifs is 2. The zero-order valence-electron chi connectivity index (χ0n) is 19.2. The van der Waals surface area contributed by atoms with Crippen LogP contribution in [0.15, 0.2) is 48.7 Å². The summed E-state index contributed by atoms with van der Waals surface area (Å²) in [4.78, 5) is 28.4. The van der Waals surface area contributed by atoms with E-state index >= 15 is 0 Å². The molecule has 0 atom stereocenters. The molecule has 34 heavy (non-hydrogen) atoms. The van der Waals surface area contributed by atoms with Gasteiger partial charge in [-0.25, -0.2) is 4.79 Å². The van der Waals surface area contributed by atoms with E-state index < -0.39 is 6.09 Å². The van der Waals surface area contributed by atoms with Crippen molar-refractivity contribution < 1.29 is 14.3 Å². The fourth-order valence-corrected chi connectivity index (χ4v) is 5.03. The van der Waals surface area contributed by atoms with Crippen LogP contribution in [-0.4, -0.2) is 59.2 Å². The lowest BCUT2D eigenvalue weighted by molar-refractivity contribution is 0.0266. The largest absolute Gasteiger partial charge is 0.497 e. The van der Waals surface area contributed by atoms with Gasteiger partial charge in [-0.2, -0.15) is 9.97 Å². The number of nitrogens with one attached hydrogen (secondary N) is 1. The summed E-state index contributed by atoms with van der Waals surface area (Å²) in [5, 5.41) is 5.40. The van der Waals surface area contributed by atoms with Crippen molar-refractivity contribution in [2.75, 3.05) is 33.3 Å². The zero-order valence-corrected chi connectivity index (χ0v) is 19.2. The summed E-state index contributed by atoms with van der Waals surface area (Å²) >= 11 is 0. The Morgan fingerprint density at radius 3 is 2.79 bits per heavy atom. The van der Waals surface area contributed by atoms with Crippen LogP contribution in [0.5, 0.6) is 11.8 Å². The van der Waals surface area contributed by atoms with Crippen LogP contribution in [0.4, 0.5) is 4.79 Å². The van der Waals surface area contributed by atoms with Crippen molar-refractivity contribution in [1.82, 2.24) is 25.2 Å². The number of aryl methyl sites for hydroxylation is 1. The van der Waals surface area contributed by atoms with Gasteiger partial charge in [-0.15, -0.1) is 0 Å². The minimum Gasteiger partial charge on any atom is -0.497 e. The van der Waals surface area contributed by atoms with Crippen molar-refractivity contribution in [3.8, 4) is 23.0 Å². The Balaban J connectivity index is 1.43. The number of methoxy groups -OCH3 is 1. The molecule has 1 spiro atoms. The number of carbonyl (C=O) groups excluding carboxylic acids is 1. The van der Waals surface area contributed by atoms with E-state index in [-0.39, 0.29) is 11.4 Å². The molecule has 0 radical (unpaired) electrons. The lowest BCUT2D eigenvalue weighted by Gasteiger charge is -2.46. The van der Waals surface area contributed by atoms with Gasteiger partial charge in [0.2, 0.25) is 0 Å². The van der Waals surface area contributed by atoms with E-state index in [0.29, 0.717) is 35.6 Å². The number of likely N-dealkylation sites (tertiary alicyclic amines) is 1. The Morgan fingerprint density at radius 1 is 1.15 bits per heavy atom. The molecule has 2 aromatic heterocycles. The molecule has 0 unspecified atom stereocenters. The van der Waals surface area contributed by atoms with E-state index in [9.17, 15) is 4.79 Å². The molecule has 4 heterocycles. The quantitative estimate of drug-likeness (QED) is 0.500. The topological polar surface area (TPSA) is 89.5 Å². The summed E-state index contributed by atoms with van der Waals surface area (Å²) in [6.07, 6.45) is 2.46. The van der Waals surface area contributed by atoms with Gasteiger partial charge in [0.1, 0.15) is 17.0 Å². The number of hydrogen-bond acceptors (Lipinski definition) is 7. The Hall–Kier alpha value is -3.78. The van der Waals surface area contributed by atoms with Gasteiger partial charge in [-0.3, -0.25) is 4.98 Å². The first-order valence-electron chi connectivity index (χ1n) is 11.4. The molecule has 4 aromatic rings. The number of benzene rings is 2. The number of carbonyl (C=O) groups is 1. The molecule has 2 fully saturated rings. The van der Waals surface area contributed by atoms with Gasteiger partial charge < -0.3 is 19.7 Å². The number of rotatable bonds is 3. The van der Waals surface area contributed by atoms with E-state index in [1.807, 2.05) is 49.4 Å². The smallest absolute Gasteiger partial charge is 0.417 e. The minimum atomic E-state index is -0.418. The standard InChI is InChI=1S/C26H25N5O3/c1-16-9-21-23(28-12-16)22(20-11-18(33-2)10-17-5-3-4-6-19(17)20)30-24(29-21)34-25(32)31-14-26(15-31)7-8-27-13-26/h3-6,9-12,27H,7-8,13-15H2,1-2H3. The number of amides is 1. The normalized spacial score (nSPS) is 16.7. The highest BCUT2D eigenvalue weighted by atomic mass is 16.6. The van der Waals surface area contributed by atoms with Gasteiger partial charge in [0.15, 0.2) is 0 Å². The molecule has 0 saturated carbocycles. The molecule has 172 valence electrons. The molecule has 8 heteroatoms. The van der Waals surface area contributed by atoms with Gasteiger partial charge in [-0.1, -0.05) is 24.3 Å². The van der Waals surface area contributed by atoms with Crippen LogP contribution in [-0.2, 0) is 0 Å². The number of ether oxygens (including phenoxy) is 2. The van der Waals surface area contributed by atoms with E-state index in [4.69, 9.17) is 9.47 Å². The highest BCUT2D eigenvalue weighted by Crippen LogP contribution is 2.38. The van der Waals surface area contributed by atoms with Gasteiger partial charge >= 0.3 is 12.1 Å². The molecule has 2 aromatic carbocycles. The van der Waals surface area contributed by atoms with Crippen LogP contribution in [0.1, 0.15) is 12.0 Å². The molecule has 8 nitrogen and oxygen atoms in total. The highest BCUT2D eigenvalue weighted by molar-refractivity contribution is 6.02. The van der Waals surface area contributed by atoms with Crippen LogP contribution < -0.4 is 14.8 Å². The maximum Gasteiger partial charge on any atom is 0.417 e. The summed E-state index contributed by atoms with van der Waals surface area (Å²) in [5.41, 5.74) is 3.86.